The third-order valence-corrected chi connectivity index (χ3v) is 4.34. The molecule has 0 radical (unpaired) electrons. The van der Waals surface area contributed by atoms with Crippen LogP contribution in [0.5, 0.6) is 0 Å². The van der Waals surface area contributed by atoms with E-state index in [9.17, 15) is 14.0 Å². The predicted molar refractivity (Wildman–Crippen MR) is 83.0 cm³/mol. The van der Waals surface area contributed by atoms with Crippen LogP contribution in [-0.2, 0) is 9.59 Å². The number of rotatable bonds is 4. The number of anilines is 1. The Morgan fingerprint density at radius 3 is 2.59 bits per heavy atom. The molecule has 0 aromatic heterocycles. The van der Waals surface area contributed by atoms with Crippen molar-refractivity contribution in [1.29, 1.82) is 0 Å². The topological polar surface area (TPSA) is 75.4 Å². The smallest absolute Gasteiger partial charge is 0.241 e. The van der Waals surface area contributed by atoms with Gasteiger partial charge in [0, 0.05) is 11.6 Å². The zero-order valence-electron chi connectivity index (χ0n) is 12.3. The summed E-state index contributed by atoms with van der Waals surface area (Å²) < 4.78 is 13.1. The second kappa shape index (κ2) is 7.07. The van der Waals surface area contributed by atoms with Crippen molar-refractivity contribution in [3.63, 3.8) is 0 Å². The summed E-state index contributed by atoms with van der Waals surface area (Å²) in [5.41, 5.74) is 5.75. The molecule has 120 valence electrons. The third-order valence-electron chi connectivity index (χ3n) is 4.05. The number of amides is 2. The fourth-order valence-electron chi connectivity index (χ4n) is 2.56. The van der Waals surface area contributed by atoms with Crippen molar-refractivity contribution in [2.75, 3.05) is 18.4 Å². The van der Waals surface area contributed by atoms with E-state index in [1.165, 1.54) is 18.2 Å². The van der Waals surface area contributed by atoms with Gasteiger partial charge in [-0.2, -0.15) is 0 Å². The molecule has 1 saturated heterocycles. The maximum Gasteiger partial charge on any atom is 0.241 e. The zero-order chi connectivity index (χ0) is 16.3. The number of carbonyl (C=O) groups excluding carboxylic acids is 2. The van der Waals surface area contributed by atoms with Gasteiger partial charge in [-0.1, -0.05) is 11.6 Å². The lowest BCUT2D eigenvalue weighted by Gasteiger charge is -2.34. The Morgan fingerprint density at radius 2 is 2.05 bits per heavy atom. The summed E-state index contributed by atoms with van der Waals surface area (Å²) in [5.74, 6) is -1.11. The van der Waals surface area contributed by atoms with E-state index in [4.69, 9.17) is 17.3 Å². The quantitative estimate of drug-likeness (QED) is 0.888. The van der Waals surface area contributed by atoms with Gasteiger partial charge < -0.3 is 11.1 Å². The zero-order valence-corrected chi connectivity index (χ0v) is 13.1. The van der Waals surface area contributed by atoms with Crippen molar-refractivity contribution >= 4 is 29.1 Å². The van der Waals surface area contributed by atoms with Crippen LogP contribution in [0.3, 0.4) is 0 Å². The number of piperidine rings is 1. The van der Waals surface area contributed by atoms with E-state index in [1.807, 2.05) is 4.90 Å². The van der Waals surface area contributed by atoms with Crippen molar-refractivity contribution in [2.24, 2.45) is 11.7 Å². The number of likely N-dealkylation sites (tertiary alicyclic amines) is 1. The van der Waals surface area contributed by atoms with Gasteiger partial charge in [0.05, 0.1) is 11.1 Å². The lowest BCUT2D eigenvalue weighted by atomic mass is 9.95. The highest BCUT2D eigenvalue weighted by atomic mass is 35.5. The molecular weight excluding hydrogens is 309 g/mol. The predicted octanol–water partition coefficient (Wildman–Crippen LogP) is 2.00. The van der Waals surface area contributed by atoms with E-state index in [2.05, 4.69) is 5.32 Å². The summed E-state index contributed by atoms with van der Waals surface area (Å²) in [6.07, 6.45) is 1.32. The third kappa shape index (κ3) is 3.96. The normalized spacial score (nSPS) is 18.0. The van der Waals surface area contributed by atoms with Crippen molar-refractivity contribution in [2.45, 2.75) is 25.8 Å². The van der Waals surface area contributed by atoms with Crippen LogP contribution in [0.4, 0.5) is 10.1 Å². The molecule has 1 aliphatic rings. The molecule has 7 heteroatoms. The summed E-state index contributed by atoms with van der Waals surface area (Å²) in [7, 11) is 0. The van der Waals surface area contributed by atoms with Gasteiger partial charge in [-0.3, -0.25) is 14.5 Å². The first-order chi connectivity index (χ1) is 10.4. The van der Waals surface area contributed by atoms with Gasteiger partial charge in [0.1, 0.15) is 5.82 Å². The Hall–Kier alpha value is -1.66. The van der Waals surface area contributed by atoms with Gasteiger partial charge in [-0.15, -0.1) is 0 Å². The molecule has 0 saturated carbocycles. The highest BCUT2D eigenvalue weighted by Crippen LogP contribution is 2.21. The molecule has 2 amide bonds. The summed E-state index contributed by atoms with van der Waals surface area (Å²) in [6.45, 7) is 3.09. The number of primary amides is 1. The van der Waals surface area contributed by atoms with Gasteiger partial charge >= 0.3 is 0 Å². The van der Waals surface area contributed by atoms with E-state index in [-0.39, 0.29) is 28.8 Å². The van der Waals surface area contributed by atoms with Crippen molar-refractivity contribution in [3.05, 3.63) is 29.0 Å². The monoisotopic (exact) mass is 327 g/mol. The highest BCUT2D eigenvalue weighted by molar-refractivity contribution is 6.31. The maximum absolute atomic E-state index is 13.1. The first-order valence-corrected chi connectivity index (χ1v) is 7.55. The minimum Gasteiger partial charge on any atom is -0.369 e. The molecule has 22 heavy (non-hydrogen) atoms. The van der Waals surface area contributed by atoms with E-state index in [1.54, 1.807) is 6.92 Å². The average molecular weight is 328 g/mol. The first-order valence-electron chi connectivity index (χ1n) is 7.17. The van der Waals surface area contributed by atoms with Gasteiger partial charge in [0.2, 0.25) is 11.8 Å². The van der Waals surface area contributed by atoms with E-state index >= 15 is 0 Å². The van der Waals surface area contributed by atoms with Gasteiger partial charge in [-0.25, -0.2) is 4.39 Å². The lowest BCUT2D eigenvalue weighted by Crippen LogP contribution is -2.47. The molecule has 1 aromatic carbocycles. The number of hydrogen-bond donors (Lipinski definition) is 2. The Bertz CT molecular complexity index is 574. The Morgan fingerprint density at radius 1 is 1.41 bits per heavy atom. The molecule has 5 nitrogen and oxygen atoms in total. The van der Waals surface area contributed by atoms with Crippen LogP contribution in [0.2, 0.25) is 5.02 Å². The fraction of sp³-hybridized carbons (Fsp3) is 0.467. The molecule has 1 fully saturated rings. The fourth-order valence-corrected chi connectivity index (χ4v) is 2.74. The first kappa shape index (κ1) is 16.7. The molecule has 0 aliphatic carbocycles. The molecular formula is C15H19ClFN3O2. The molecule has 0 spiro atoms. The minimum absolute atomic E-state index is 0.0345. The molecule has 0 unspecified atom stereocenters. The number of benzene rings is 1. The van der Waals surface area contributed by atoms with Crippen LogP contribution in [0.15, 0.2) is 18.2 Å². The molecule has 2 rings (SSSR count). The maximum atomic E-state index is 13.1. The van der Waals surface area contributed by atoms with Crippen LogP contribution in [0.25, 0.3) is 0 Å². The van der Waals surface area contributed by atoms with Crippen molar-refractivity contribution in [1.82, 2.24) is 4.90 Å². The Kier molecular flexibility index (Phi) is 5.37. The number of nitrogens with zero attached hydrogens (tertiary/aromatic N) is 1. The lowest BCUT2D eigenvalue weighted by molar-refractivity contribution is -0.124. The molecule has 1 atom stereocenters. The van der Waals surface area contributed by atoms with Crippen LogP contribution < -0.4 is 11.1 Å². The minimum atomic E-state index is -0.527. The van der Waals surface area contributed by atoms with Crippen molar-refractivity contribution < 1.29 is 14.0 Å². The van der Waals surface area contributed by atoms with Gasteiger partial charge in [0.25, 0.3) is 0 Å². The SMILES string of the molecule is C[C@@H](C(=O)Nc1ccc(F)c(Cl)c1)N1CCC(C(N)=O)CC1. The Balaban J connectivity index is 1.92. The molecule has 3 N–H and O–H groups in total. The summed E-state index contributed by atoms with van der Waals surface area (Å²) in [5, 5.41) is 2.68. The van der Waals surface area contributed by atoms with Crippen molar-refractivity contribution in [3.8, 4) is 0 Å². The van der Waals surface area contributed by atoms with E-state index < -0.39 is 5.82 Å². The second-order valence-corrected chi connectivity index (χ2v) is 5.91. The second-order valence-electron chi connectivity index (χ2n) is 5.51. The molecule has 0 bridgehead atoms. The standard InChI is InChI=1S/C15H19ClFN3O2/c1-9(20-6-4-10(5-7-20)14(18)21)15(22)19-11-2-3-13(17)12(16)8-11/h2-3,8-10H,4-7H2,1H3,(H2,18,21)(H,19,22)/t9-/m0/s1. The number of nitrogens with two attached hydrogens (primary N) is 1. The van der Waals surface area contributed by atoms with E-state index in [0.717, 1.165) is 0 Å². The van der Waals surface area contributed by atoms with Crippen LogP contribution >= 0.6 is 11.6 Å². The van der Waals surface area contributed by atoms with Gasteiger partial charge in [0.15, 0.2) is 0 Å². The molecule has 1 aliphatic heterocycles. The number of nitrogens with one attached hydrogen (secondary N) is 1. The van der Waals surface area contributed by atoms with Crippen LogP contribution in [-0.4, -0.2) is 35.8 Å². The Labute approximate surface area is 133 Å². The molecule has 1 heterocycles. The summed E-state index contributed by atoms with van der Waals surface area (Å²) in [4.78, 5) is 25.4. The highest BCUT2D eigenvalue weighted by Gasteiger charge is 2.28. The van der Waals surface area contributed by atoms with Crippen LogP contribution in [0.1, 0.15) is 19.8 Å². The summed E-state index contributed by atoms with van der Waals surface area (Å²) >= 11 is 5.69. The molecule has 1 aromatic rings. The van der Waals surface area contributed by atoms with Gasteiger partial charge in [-0.05, 0) is 51.1 Å². The number of carbonyl (C=O) groups is 2. The number of halogens is 2. The van der Waals surface area contributed by atoms with E-state index in [0.29, 0.717) is 31.6 Å². The summed E-state index contributed by atoms with van der Waals surface area (Å²) in [6, 6.07) is 3.70. The largest absolute Gasteiger partial charge is 0.369 e. The average Bonchev–Trinajstić information content (AvgIpc) is 2.50. The number of hydrogen-bond acceptors (Lipinski definition) is 3. The van der Waals surface area contributed by atoms with Crippen LogP contribution in [0, 0.1) is 11.7 Å².